The summed E-state index contributed by atoms with van der Waals surface area (Å²) >= 11 is 7.86. The van der Waals surface area contributed by atoms with Gasteiger partial charge in [-0.15, -0.1) is 11.3 Å². The lowest BCUT2D eigenvalue weighted by Crippen LogP contribution is -2.29. The monoisotopic (exact) mass is 561 g/mol. The van der Waals surface area contributed by atoms with E-state index in [1.54, 1.807) is 18.3 Å². The number of carbonyl (C=O) groups excluding carboxylic acids is 1. The summed E-state index contributed by atoms with van der Waals surface area (Å²) in [5, 5.41) is 7.22. The lowest BCUT2D eigenvalue weighted by molar-refractivity contribution is -0.166. The van der Waals surface area contributed by atoms with Gasteiger partial charge in [0.2, 0.25) is 0 Å². The summed E-state index contributed by atoms with van der Waals surface area (Å²) in [5.41, 5.74) is 6.88. The minimum Gasteiger partial charge on any atom is -0.464 e. The summed E-state index contributed by atoms with van der Waals surface area (Å²) in [5.74, 6) is -0.410. The number of ether oxygens (including phenoxy) is 2. The molecule has 2 heterocycles. The number of esters is 1. The van der Waals surface area contributed by atoms with Crippen LogP contribution in [-0.2, 0) is 21.3 Å². The van der Waals surface area contributed by atoms with Gasteiger partial charge >= 0.3 is 5.97 Å². The molecule has 0 amide bonds. The van der Waals surface area contributed by atoms with E-state index in [0.29, 0.717) is 5.02 Å². The van der Waals surface area contributed by atoms with Crippen molar-refractivity contribution in [1.82, 2.24) is 14.8 Å². The minimum atomic E-state index is -0.903. The molecule has 0 bridgehead atoms. The van der Waals surface area contributed by atoms with Gasteiger partial charge in [0.1, 0.15) is 5.01 Å². The summed E-state index contributed by atoms with van der Waals surface area (Å²) in [6, 6.07) is 16.0. The van der Waals surface area contributed by atoms with Gasteiger partial charge in [-0.25, -0.2) is 9.78 Å². The number of halogens is 1. The summed E-state index contributed by atoms with van der Waals surface area (Å²) in [6.45, 7) is 11.9. The van der Waals surface area contributed by atoms with E-state index < -0.39 is 17.7 Å². The van der Waals surface area contributed by atoms with Crippen LogP contribution in [0.2, 0.25) is 5.02 Å². The van der Waals surface area contributed by atoms with Gasteiger partial charge in [-0.3, -0.25) is 4.68 Å². The zero-order valence-electron chi connectivity index (χ0n) is 23.3. The molecule has 0 spiro atoms. The molecule has 8 heteroatoms. The van der Waals surface area contributed by atoms with Crippen LogP contribution in [-0.4, -0.2) is 32.9 Å². The Morgan fingerprint density at radius 3 is 2.44 bits per heavy atom. The molecule has 6 nitrogen and oxygen atoms in total. The van der Waals surface area contributed by atoms with Crippen molar-refractivity contribution >= 4 is 50.0 Å². The second kappa shape index (κ2) is 10.4. The highest BCUT2D eigenvalue weighted by atomic mass is 35.5. The Hall–Kier alpha value is -3.26. The van der Waals surface area contributed by atoms with Gasteiger partial charge in [0.25, 0.3) is 0 Å². The Labute approximate surface area is 237 Å². The average Bonchev–Trinajstić information content (AvgIpc) is 3.42. The fraction of sp³-hybridized carbons (Fsp3) is 0.323. The first-order valence-corrected chi connectivity index (χ1v) is 14.1. The topological polar surface area (TPSA) is 66.2 Å². The van der Waals surface area contributed by atoms with Gasteiger partial charge in [-0.1, -0.05) is 35.9 Å². The van der Waals surface area contributed by atoms with Crippen LogP contribution >= 0.6 is 22.9 Å². The van der Waals surface area contributed by atoms with Crippen LogP contribution in [0.15, 0.2) is 48.5 Å². The second-order valence-electron chi connectivity index (χ2n) is 10.7. The smallest absolute Gasteiger partial charge is 0.339 e. The van der Waals surface area contributed by atoms with E-state index in [1.807, 2.05) is 76.7 Å². The molecule has 5 aromatic rings. The van der Waals surface area contributed by atoms with E-state index in [2.05, 4.69) is 23.3 Å². The lowest BCUT2D eigenvalue weighted by atomic mass is 9.91. The van der Waals surface area contributed by atoms with Crippen molar-refractivity contribution in [2.45, 2.75) is 53.2 Å². The van der Waals surface area contributed by atoms with Crippen LogP contribution < -0.4 is 0 Å². The molecule has 1 unspecified atom stereocenters. The molecule has 0 radical (unpaired) electrons. The number of hydrogen-bond acceptors (Lipinski definition) is 6. The van der Waals surface area contributed by atoms with Crippen molar-refractivity contribution < 1.29 is 14.3 Å². The quantitative estimate of drug-likeness (QED) is 0.195. The summed E-state index contributed by atoms with van der Waals surface area (Å²) in [4.78, 5) is 18.4. The molecule has 0 fully saturated rings. The Morgan fingerprint density at radius 2 is 1.77 bits per heavy atom. The molecular weight excluding hydrogens is 530 g/mol. The van der Waals surface area contributed by atoms with Crippen molar-refractivity contribution in [3.05, 3.63) is 70.4 Å². The van der Waals surface area contributed by atoms with Crippen molar-refractivity contribution in [3.63, 3.8) is 0 Å². The molecule has 1 atom stereocenters. The van der Waals surface area contributed by atoms with Crippen molar-refractivity contribution in [3.8, 4) is 21.7 Å². The fourth-order valence-electron chi connectivity index (χ4n) is 4.94. The van der Waals surface area contributed by atoms with Gasteiger partial charge in [0.15, 0.2) is 6.10 Å². The number of rotatable bonds is 6. The SMILES string of the molecule is CCOC(=O)C(OC(C)(C)C)c1c(C)cc2nc(-c3ccc4c(C)nn(C)c4c3)sc2c1-c1ccc(Cl)cc1. The van der Waals surface area contributed by atoms with Crippen LogP contribution in [0.5, 0.6) is 0 Å². The molecule has 3 aromatic carbocycles. The minimum absolute atomic E-state index is 0.265. The Kier molecular flexibility index (Phi) is 7.27. The van der Waals surface area contributed by atoms with Crippen molar-refractivity contribution in [1.29, 1.82) is 0 Å². The maximum Gasteiger partial charge on any atom is 0.339 e. The van der Waals surface area contributed by atoms with Gasteiger partial charge in [0, 0.05) is 34.1 Å². The first-order valence-electron chi connectivity index (χ1n) is 12.9. The molecule has 0 saturated heterocycles. The highest BCUT2D eigenvalue weighted by Gasteiger charge is 2.33. The lowest BCUT2D eigenvalue weighted by Gasteiger charge is -2.29. The van der Waals surface area contributed by atoms with Crippen LogP contribution in [0.25, 0.3) is 42.8 Å². The predicted octanol–water partition coefficient (Wildman–Crippen LogP) is 8.21. The predicted molar refractivity (Wildman–Crippen MR) is 159 cm³/mol. The number of hydrogen-bond donors (Lipinski definition) is 0. The summed E-state index contributed by atoms with van der Waals surface area (Å²) in [7, 11) is 1.95. The van der Waals surface area contributed by atoms with Crippen molar-refractivity contribution in [2.24, 2.45) is 7.05 Å². The summed E-state index contributed by atoms with van der Waals surface area (Å²) in [6.07, 6.45) is -0.903. The van der Waals surface area contributed by atoms with E-state index in [4.69, 9.17) is 26.1 Å². The Morgan fingerprint density at radius 1 is 1.08 bits per heavy atom. The summed E-state index contributed by atoms with van der Waals surface area (Å²) < 4.78 is 14.8. The van der Waals surface area contributed by atoms with E-state index in [-0.39, 0.29) is 6.61 Å². The third-order valence-corrected chi connectivity index (χ3v) is 7.97. The highest BCUT2D eigenvalue weighted by Crippen LogP contribution is 2.45. The van der Waals surface area contributed by atoms with Crippen LogP contribution in [0, 0.1) is 13.8 Å². The third kappa shape index (κ3) is 5.31. The van der Waals surface area contributed by atoms with Gasteiger partial charge in [-0.2, -0.15) is 5.10 Å². The van der Waals surface area contributed by atoms with Gasteiger partial charge in [-0.05, 0) is 76.9 Å². The molecule has 0 N–H and O–H groups in total. The van der Waals surface area contributed by atoms with Crippen molar-refractivity contribution in [2.75, 3.05) is 6.61 Å². The molecule has 0 aliphatic heterocycles. The molecule has 0 saturated carbocycles. The number of nitrogens with zero attached hydrogens (tertiary/aromatic N) is 3. The highest BCUT2D eigenvalue weighted by molar-refractivity contribution is 7.22. The molecule has 2 aromatic heterocycles. The van der Waals surface area contributed by atoms with E-state index in [0.717, 1.165) is 59.6 Å². The maximum atomic E-state index is 13.3. The fourth-order valence-corrected chi connectivity index (χ4v) is 6.19. The zero-order chi connectivity index (χ0) is 28.1. The van der Waals surface area contributed by atoms with Crippen LogP contribution in [0.1, 0.15) is 50.6 Å². The van der Waals surface area contributed by atoms with E-state index in [9.17, 15) is 4.79 Å². The Bertz CT molecular complexity index is 1700. The molecule has 5 rings (SSSR count). The average molecular weight is 562 g/mol. The third-order valence-electron chi connectivity index (χ3n) is 6.58. The normalized spacial score (nSPS) is 12.8. The zero-order valence-corrected chi connectivity index (χ0v) is 24.8. The van der Waals surface area contributed by atoms with Crippen LogP contribution in [0.3, 0.4) is 0 Å². The molecule has 0 aliphatic rings. The Balaban J connectivity index is 1.78. The van der Waals surface area contributed by atoms with Gasteiger partial charge in [0.05, 0.1) is 33.6 Å². The molecule has 202 valence electrons. The number of benzene rings is 3. The maximum absolute atomic E-state index is 13.3. The largest absolute Gasteiger partial charge is 0.464 e. The molecule has 0 aliphatic carbocycles. The van der Waals surface area contributed by atoms with Crippen LogP contribution in [0.4, 0.5) is 0 Å². The van der Waals surface area contributed by atoms with E-state index in [1.165, 1.54) is 0 Å². The number of aromatic nitrogens is 3. The number of thiazole rings is 1. The van der Waals surface area contributed by atoms with E-state index >= 15 is 0 Å². The number of aryl methyl sites for hydroxylation is 3. The number of fused-ring (bicyclic) bond motifs is 2. The standard InChI is InChI=1S/C31H32ClN3O3S/c1-8-37-30(36)27(38-31(4,5)6)25-17(2)15-23-28(26(25)19-9-12-21(32)13-10-19)39-29(33-23)20-11-14-22-18(3)34-35(7)24(22)16-20/h9-16,27H,8H2,1-7H3. The number of carbonyl (C=O) groups is 1. The first kappa shape index (κ1) is 27.3. The molecular formula is C31H32ClN3O3S. The second-order valence-corrected chi connectivity index (χ2v) is 12.1. The van der Waals surface area contributed by atoms with Gasteiger partial charge < -0.3 is 9.47 Å². The first-order chi connectivity index (χ1) is 18.5. The molecule has 39 heavy (non-hydrogen) atoms.